The molecule has 0 spiro atoms. The maximum atomic E-state index is 12.6. The van der Waals surface area contributed by atoms with Crippen molar-refractivity contribution in [2.45, 2.75) is 20.0 Å². The predicted molar refractivity (Wildman–Crippen MR) is 112 cm³/mol. The fourth-order valence-corrected chi connectivity index (χ4v) is 4.07. The van der Waals surface area contributed by atoms with E-state index >= 15 is 0 Å². The summed E-state index contributed by atoms with van der Waals surface area (Å²) in [5.41, 5.74) is 3.45. The van der Waals surface area contributed by atoms with E-state index < -0.39 is 0 Å². The van der Waals surface area contributed by atoms with Gasteiger partial charge in [0, 0.05) is 23.9 Å². The minimum Gasteiger partial charge on any atom is -0.497 e. The summed E-state index contributed by atoms with van der Waals surface area (Å²) in [6.45, 7) is 3.90. The van der Waals surface area contributed by atoms with E-state index in [0.29, 0.717) is 24.2 Å². The van der Waals surface area contributed by atoms with E-state index in [1.54, 1.807) is 7.11 Å². The Kier molecular flexibility index (Phi) is 4.25. The van der Waals surface area contributed by atoms with Crippen molar-refractivity contribution in [1.82, 2.24) is 4.90 Å². The molecule has 0 saturated heterocycles. The molecule has 0 unspecified atom stereocenters. The topological polar surface area (TPSA) is 51.9 Å². The zero-order valence-electron chi connectivity index (χ0n) is 16.4. The molecule has 0 bridgehead atoms. The van der Waals surface area contributed by atoms with Gasteiger partial charge in [0.1, 0.15) is 23.8 Å². The van der Waals surface area contributed by atoms with Crippen LogP contribution in [-0.4, -0.2) is 18.7 Å². The second kappa shape index (κ2) is 6.94. The fraction of sp³-hybridized carbons (Fsp3) is 0.208. The summed E-state index contributed by atoms with van der Waals surface area (Å²) in [5.74, 6) is 1.63. The number of aryl methyl sites for hydroxylation is 1. The molecular weight excluding hydrogens is 366 g/mol. The number of nitrogens with zero attached hydrogens (tertiary/aromatic N) is 1. The number of ether oxygens (including phenoxy) is 2. The van der Waals surface area contributed by atoms with Gasteiger partial charge in [-0.2, -0.15) is 0 Å². The van der Waals surface area contributed by atoms with E-state index in [1.807, 2.05) is 43.3 Å². The maximum absolute atomic E-state index is 12.6. The van der Waals surface area contributed by atoms with Crippen LogP contribution in [0.5, 0.6) is 11.5 Å². The van der Waals surface area contributed by atoms with Crippen LogP contribution in [0.2, 0.25) is 0 Å². The van der Waals surface area contributed by atoms with E-state index in [2.05, 4.69) is 23.1 Å². The van der Waals surface area contributed by atoms with Crippen LogP contribution < -0.4 is 15.1 Å². The van der Waals surface area contributed by atoms with Gasteiger partial charge < -0.3 is 13.9 Å². The van der Waals surface area contributed by atoms with E-state index in [-0.39, 0.29) is 5.63 Å². The Morgan fingerprint density at radius 3 is 2.59 bits per heavy atom. The quantitative estimate of drug-likeness (QED) is 0.379. The maximum Gasteiger partial charge on any atom is 0.344 e. The SMILES string of the molecule is COc1ccc(CN2COc3cc(C)c4c(oc(=O)c5ccccc54)c3C2)cc1. The lowest BCUT2D eigenvalue weighted by Gasteiger charge is -2.30. The van der Waals surface area contributed by atoms with Crippen LogP contribution in [-0.2, 0) is 13.1 Å². The normalized spacial score (nSPS) is 14.0. The van der Waals surface area contributed by atoms with Crippen LogP contribution in [0, 0.1) is 6.92 Å². The first-order valence-corrected chi connectivity index (χ1v) is 9.60. The highest BCUT2D eigenvalue weighted by molar-refractivity contribution is 6.07. The van der Waals surface area contributed by atoms with Gasteiger partial charge in [-0.1, -0.05) is 30.3 Å². The highest BCUT2D eigenvalue weighted by Gasteiger charge is 2.24. The number of fused-ring (bicyclic) bond motifs is 5. The largest absolute Gasteiger partial charge is 0.497 e. The highest BCUT2D eigenvalue weighted by Crippen LogP contribution is 2.37. The molecule has 0 fully saturated rings. The van der Waals surface area contributed by atoms with Gasteiger partial charge in [-0.3, -0.25) is 4.90 Å². The van der Waals surface area contributed by atoms with Gasteiger partial charge in [0.2, 0.25) is 0 Å². The molecule has 1 aliphatic heterocycles. The summed E-state index contributed by atoms with van der Waals surface area (Å²) >= 11 is 0. The number of methoxy groups -OCH3 is 1. The minimum absolute atomic E-state index is 0.312. The molecule has 0 radical (unpaired) electrons. The molecule has 0 saturated carbocycles. The first-order chi connectivity index (χ1) is 14.1. The van der Waals surface area contributed by atoms with Gasteiger partial charge in [0.05, 0.1) is 18.1 Å². The molecule has 29 heavy (non-hydrogen) atoms. The minimum atomic E-state index is -0.312. The van der Waals surface area contributed by atoms with Crippen molar-refractivity contribution in [3.8, 4) is 11.5 Å². The van der Waals surface area contributed by atoms with E-state index in [4.69, 9.17) is 13.9 Å². The molecule has 5 rings (SSSR count). The van der Waals surface area contributed by atoms with Gasteiger partial charge >= 0.3 is 5.63 Å². The summed E-state index contributed by atoms with van der Waals surface area (Å²) in [4.78, 5) is 14.8. The van der Waals surface area contributed by atoms with Crippen molar-refractivity contribution in [2.75, 3.05) is 13.8 Å². The second-order valence-corrected chi connectivity index (χ2v) is 7.42. The van der Waals surface area contributed by atoms with E-state index in [0.717, 1.165) is 39.9 Å². The molecule has 1 aliphatic rings. The third-order valence-corrected chi connectivity index (χ3v) is 5.50. The molecule has 0 atom stereocenters. The number of hydrogen-bond donors (Lipinski definition) is 0. The molecule has 2 heterocycles. The number of hydrogen-bond acceptors (Lipinski definition) is 5. The van der Waals surface area contributed by atoms with Crippen LogP contribution in [0.4, 0.5) is 0 Å². The van der Waals surface area contributed by atoms with Crippen LogP contribution in [0.25, 0.3) is 21.7 Å². The Bertz CT molecular complexity index is 1270. The lowest BCUT2D eigenvalue weighted by atomic mass is 9.99. The lowest BCUT2D eigenvalue weighted by molar-refractivity contribution is 0.0889. The van der Waals surface area contributed by atoms with Crippen molar-refractivity contribution < 1.29 is 13.9 Å². The lowest BCUT2D eigenvalue weighted by Crippen LogP contribution is -2.31. The third kappa shape index (κ3) is 3.04. The molecular formula is C24H21NO4. The van der Waals surface area contributed by atoms with Crippen molar-refractivity contribution >= 4 is 21.7 Å². The molecule has 0 aliphatic carbocycles. The van der Waals surface area contributed by atoms with E-state index in [9.17, 15) is 4.79 Å². The second-order valence-electron chi connectivity index (χ2n) is 7.42. The Labute approximate surface area is 168 Å². The van der Waals surface area contributed by atoms with E-state index in [1.165, 1.54) is 5.56 Å². The molecule has 146 valence electrons. The average Bonchev–Trinajstić information content (AvgIpc) is 2.75. The standard InChI is InChI=1S/C24H21NO4/c1-15-11-21-20(23-22(15)18-5-3-4-6-19(18)24(26)29-23)13-25(14-28-21)12-16-7-9-17(27-2)10-8-16/h3-11H,12-14H2,1-2H3. The highest BCUT2D eigenvalue weighted by atomic mass is 16.5. The molecule has 4 aromatic rings. The predicted octanol–water partition coefficient (Wildman–Crippen LogP) is 4.62. The van der Waals surface area contributed by atoms with Crippen LogP contribution >= 0.6 is 0 Å². The Morgan fingerprint density at radius 2 is 1.83 bits per heavy atom. The average molecular weight is 387 g/mol. The molecule has 0 N–H and O–H groups in total. The molecule has 5 heteroatoms. The summed E-state index contributed by atoms with van der Waals surface area (Å²) in [7, 11) is 1.66. The number of rotatable bonds is 3. The van der Waals surface area contributed by atoms with Gasteiger partial charge in [0.15, 0.2) is 0 Å². The smallest absolute Gasteiger partial charge is 0.344 e. The summed E-state index contributed by atoms with van der Waals surface area (Å²) in [5, 5.41) is 2.51. The van der Waals surface area contributed by atoms with Gasteiger partial charge in [-0.05, 0) is 42.3 Å². The molecule has 3 aromatic carbocycles. The van der Waals surface area contributed by atoms with Crippen molar-refractivity contribution in [3.05, 3.63) is 81.7 Å². The van der Waals surface area contributed by atoms with Gasteiger partial charge in [-0.15, -0.1) is 0 Å². The van der Waals surface area contributed by atoms with Gasteiger partial charge in [0.25, 0.3) is 0 Å². The van der Waals surface area contributed by atoms with Crippen LogP contribution in [0.15, 0.2) is 63.8 Å². The Balaban J connectivity index is 1.58. The monoisotopic (exact) mass is 387 g/mol. The van der Waals surface area contributed by atoms with Gasteiger partial charge in [-0.25, -0.2) is 4.79 Å². The summed E-state index contributed by atoms with van der Waals surface area (Å²) in [6, 6.07) is 17.7. The Hall–Kier alpha value is -3.31. The van der Waals surface area contributed by atoms with Crippen LogP contribution in [0.3, 0.4) is 0 Å². The zero-order valence-corrected chi connectivity index (χ0v) is 16.4. The summed E-state index contributed by atoms with van der Waals surface area (Å²) < 4.78 is 17.1. The first kappa shape index (κ1) is 17.8. The molecule has 0 amide bonds. The molecule has 5 nitrogen and oxygen atoms in total. The van der Waals surface area contributed by atoms with Crippen molar-refractivity contribution in [1.29, 1.82) is 0 Å². The first-order valence-electron chi connectivity index (χ1n) is 9.60. The van der Waals surface area contributed by atoms with Crippen molar-refractivity contribution in [2.24, 2.45) is 0 Å². The Morgan fingerprint density at radius 1 is 1.07 bits per heavy atom. The third-order valence-electron chi connectivity index (χ3n) is 5.50. The zero-order chi connectivity index (χ0) is 20.0. The summed E-state index contributed by atoms with van der Waals surface area (Å²) in [6.07, 6.45) is 0. The number of benzene rings is 3. The van der Waals surface area contributed by atoms with Crippen molar-refractivity contribution in [3.63, 3.8) is 0 Å². The fourth-order valence-electron chi connectivity index (χ4n) is 4.07. The molecule has 1 aromatic heterocycles. The van der Waals surface area contributed by atoms with Crippen LogP contribution in [0.1, 0.15) is 16.7 Å².